The first-order valence-electron chi connectivity index (χ1n) is 12.5. The Labute approximate surface area is 217 Å². The third-order valence-corrected chi connectivity index (χ3v) is 8.04. The fourth-order valence-electron chi connectivity index (χ4n) is 4.81. The summed E-state index contributed by atoms with van der Waals surface area (Å²) >= 11 is 7.83. The maximum Gasteiger partial charge on any atom is 0.264 e. The van der Waals surface area contributed by atoms with Gasteiger partial charge in [-0.05, 0) is 61.9 Å². The van der Waals surface area contributed by atoms with Crippen molar-refractivity contribution >= 4 is 34.8 Å². The molecule has 0 aliphatic heterocycles. The third-order valence-electron chi connectivity index (χ3n) is 6.81. The van der Waals surface area contributed by atoms with Crippen molar-refractivity contribution in [3.63, 3.8) is 0 Å². The number of amides is 2. The summed E-state index contributed by atoms with van der Waals surface area (Å²) in [6.07, 6.45) is 7.56. The molecule has 1 aliphatic carbocycles. The molecule has 0 atom stereocenters. The summed E-state index contributed by atoms with van der Waals surface area (Å²) in [6.45, 7) is 5.22. The zero-order valence-electron chi connectivity index (χ0n) is 20.5. The molecule has 1 aromatic carbocycles. The molecule has 3 aromatic rings. The normalized spacial score (nSPS) is 14.3. The van der Waals surface area contributed by atoms with Crippen molar-refractivity contribution in [2.75, 3.05) is 6.54 Å². The van der Waals surface area contributed by atoms with Crippen molar-refractivity contribution in [2.24, 2.45) is 0 Å². The van der Waals surface area contributed by atoms with Crippen LogP contribution in [-0.2, 0) is 17.9 Å². The van der Waals surface area contributed by atoms with Crippen molar-refractivity contribution in [3.05, 3.63) is 81.3 Å². The van der Waals surface area contributed by atoms with Crippen molar-refractivity contribution < 1.29 is 9.59 Å². The molecule has 0 bridgehead atoms. The highest BCUT2D eigenvalue weighted by atomic mass is 35.5. The summed E-state index contributed by atoms with van der Waals surface area (Å²) in [7, 11) is 0. The molecular formula is C28H34ClN3O2S. The Morgan fingerprint density at radius 2 is 1.83 bits per heavy atom. The summed E-state index contributed by atoms with van der Waals surface area (Å²) in [6, 6.07) is 15.8. The second kappa shape index (κ2) is 11.9. The third kappa shape index (κ3) is 6.36. The summed E-state index contributed by atoms with van der Waals surface area (Å²) in [5.41, 5.74) is 2.12. The molecule has 0 radical (unpaired) electrons. The van der Waals surface area contributed by atoms with Crippen LogP contribution in [0, 0.1) is 0 Å². The lowest BCUT2D eigenvalue weighted by molar-refractivity contribution is -0.136. The lowest BCUT2D eigenvalue weighted by Crippen LogP contribution is -2.49. The van der Waals surface area contributed by atoms with Crippen LogP contribution >= 0.6 is 22.9 Å². The Bertz CT molecular complexity index is 1120. The van der Waals surface area contributed by atoms with Gasteiger partial charge in [0.05, 0.1) is 11.4 Å². The monoisotopic (exact) mass is 511 g/mol. The SMILES string of the molecule is CC(C)N(CC(=O)N(Cc1cccn1Cc1ccccc1Cl)C1CCCCC1)C(=O)c1cccs1. The van der Waals surface area contributed by atoms with E-state index in [1.54, 1.807) is 4.90 Å². The number of thiophene rings is 1. The van der Waals surface area contributed by atoms with Gasteiger partial charge < -0.3 is 14.4 Å². The van der Waals surface area contributed by atoms with Crippen molar-refractivity contribution in [3.8, 4) is 0 Å². The van der Waals surface area contributed by atoms with Gasteiger partial charge in [0.15, 0.2) is 0 Å². The summed E-state index contributed by atoms with van der Waals surface area (Å²) < 4.78 is 2.17. The summed E-state index contributed by atoms with van der Waals surface area (Å²) in [4.78, 5) is 31.3. The van der Waals surface area contributed by atoms with Crippen LogP contribution in [0.25, 0.3) is 0 Å². The van der Waals surface area contributed by atoms with Gasteiger partial charge in [-0.15, -0.1) is 11.3 Å². The number of benzene rings is 1. The average Bonchev–Trinajstić information content (AvgIpc) is 3.55. The number of hydrogen-bond acceptors (Lipinski definition) is 3. The number of rotatable bonds is 9. The molecule has 2 amide bonds. The molecule has 7 heteroatoms. The van der Waals surface area contributed by atoms with Gasteiger partial charge in [-0.2, -0.15) is 0 Å². The van der Waals surface area contributed by atoms with Crippen molar-refractivity contribution in [1.29, 1.82) is 0 Å². The molecule has 5 nitrogen and oxygen atoms in total. The second-order valence-electron chi connectivity index (χ2n) is 9.54. The van der Waals surface area contributed by atoms with E-state index < -0.39 is 0 Å². The molecule has 1 aliphatic rings. The van der Waals surface area contributed by atoms with E-state index in [9.17, 15) is 9.59 Å². The van der Waals surface area contributed by atoms with Gasteiger partial charge >= 0.3 is 0 Å². The first-order valence-corrected chi connectivity index (χ1v) is 13.7. The van der Waals surface area contributed by atoms with Crippen LogP contribution in [-0.4, -0.2) is 44.8 Å². The van der Waals surface area contributed by atoms with Crippen LogP contribution in [0.1, 0.15) is 66.9 Å². The molecule has 35 heavy (non-hydrogen) atoms. The maximum absolute atomic E-state index is 13.8. The van der Waals surface area contributed by atoms with E-state index in [1.807, 2.05) is 72.8 Å². The van der Waals surface area contributed by atoms with E-state index in [0.29, 0.717) is 18.0 Å². The number of carbonyl (C=O) groups is 2. The lowest BCUT2D eigenvalue weighted by atomic mass is 9.94. The van der Waals surface area contributed by atoms with Crippen molar-refractivity contribution in [2.45, 2.75) is 71.1 Å². The number of aromatic nitrogens is 1. The Kier molecular flexibility index (Phi) is 8.69. The van der Waals surface area contributed by atoms with Gasteiger partial charge in [0.1, 0.15) is 6.54 Å². The first kappa shape index (κ1) is 25.5. The lowest BCUT2D eigenvalue weighted by Gasteiger charge is -2.37. The predicted molar refractivity (Wildman–Crippen MR) is 143 cm³/mol. The van der Waals surface area contributed by atoms with E-state index in [-0.39, 0.29) is 30.4 Å². The van der Waals surface area contributed by atoms with Gasteiger partial charge in [-0.1, -0.05) is 55.1 Å². The number of halogens is 1. The Balaban J connectivity index is 1.55. The van der Waals surface area contributed by atoms with E-state index in [4.69, 9.17) is 11.6 Å². The van der Waals surface area contributed by atoms with Crippen molar-refractivity contribution in [1.82, 2.24) is 14.4 Å². The van der Waals surface area contributed by atoms with Crippen LogP contribution < -0.4 is 0 Å². The van der Waals surface area contributed by atoms with Gasteiger partial charge in [0.2, 0.25) is 5.91 Å². The van der Waals surface area contributed by atoms with Gasteiger partial charge in [0.25, 0.3) is 5.91 Å². The fourth-order valence-corrected chi connectivity index (χ4v) is 5.69. The molecule has 2 heterocycles. The van der Waals surface area contributed by atoms with E-state index in [2.05, 4.69) is 10.6 Å². The Hall–Kier alpha value is -2.57. The highest BCUT2D eigenvalue weighted by molar-refractivity contribution is 7.12. The summed E-state index contributed by atoms with van der Waals surface area (Å²) in [5.74, 6) is -0.0601. The zero-order valence-corrected chi connectivity index (χ0v) is 22.1. The van der Waals surface area contributed by atoms with E-state index in [0.717, 1.165) is 42.0 Å². The van der Waals surface area contributed by atoms with Crippen LogP contribution in [0.3, 0.4) is 0 Å². The first-order chi connectivity index (χ1) is 16.9. The van der Waals surface area contributed by atoms with Crippen LogP contribution in [0.4, 0.5) is 0 Å². The minimum Gasteiger partial charge on any atom is -0.345 e. The molecule has 0 unspecified atom stereocenters. The largest absolute Gasteiger partial charge is 0.345 e. The fraction of sp³-hybridized carbons (Fsp3) is 0.429. The molecule has 0 spiro atoms. The standard InChI is InChI=1S/C28H34ClN3O2S/c1-21(2)31(28(34)26-15-9-17-35-26)20-27(33)32(23-11-4-3-5-12-23)19-24-13-8-16-30(24)18-22-10-6-7-14-25(22)29/h6-10,13-17,21,23H,3-5,11-12,18-20H2,1-2H3. The number of hydrogen-bond donors (Lipinski definition) is 0. The Morgan fingerprint density at radius 1 is 1.06 bits per heavy atom. The minimum atomic E-state index is -0.0750. The average molecular weight is 512 g/mol. The smallest absolute Gasteiger partial charge is 0.264 e. The quantitative estimate of drug-likeness (QED) is 0.331. The molecule has 186 valence electrons. The van der Waals surface area contributed by atoms with Crippen LogP contribution in [0.2, 0.25) is 5.02 Å². The van der Waals surface area contributed by atoms with Crippen LogP contribution in [0.5, 0.6) is 0 Å². The highest BCUT2D eigenvalue weighted by Gasteiger charge is 2.30. The predicted octanol–water partition coefficient (Wildman–Crippen LogP) is 6.46. The molecule has 2 aromatic heterocycles. The van der Waals surface area contributed by atoms with E-state index >= 15 is 0 Å². The molecule has 0 saturated heterocycles. The molecule has 1 fully saturated rings. The van der Waals surface area contributed by atoms with Crippen LogP contribution in [0.15, 0.2) is 60.1 Å². The zero-order chi connectivity index (χ0) is 24.8. The molecule has 4 rings (SSSR count). The number of nitrogens with zero attached hydrogens (tertiary/aromatic N) is 3. The minimum absolute atomic E-state index is 0.0148. The number of carbonyl (C=O) groups excluding carboxylic acids is 2. The highest BCUT2D eigenvalue weighted by Crippen LogP contribution is 2.26. The Morgan fingerprint density at radius 3 is 2.51 bits per heavy atom. The molecular weight excluding hydrogens is 478 g/mol. The second-order valence-corrected chi connectivity index (χ2v) is 10.9. The van der Waals surface area contributed by atoms with Gasteiger partial charge in [-0.25, -0.2) is 0 Å². The van der Waals surface area contributed by atoms with Gasteiger partial charge in [0, 0.05) is 35.5 Å². The topological polar surface area (TPSA) is 45.6 Å². The summed E-state index contributed by atoms with van der Waals surface area (Å²) in [5, 5.41) is 2.64. The molecule has 1 saturated carbocycles. The van der Waals surface area contributed by atoms with Gasteiger partial charge in [-0.3, -0.25) is 9.59 Å². The van der Waals surface area contributed by atoms with E-state index in [1.165, 1.54) is 17.8 Å². The molecule has 0 N–H and O–H groups in total. The maximum atomic E-state index is 13.8.